The summed E-state index contributed by atoms with van der Waals surface area (Å²) in [5.41, 5.74) is 27.9. The zero-order valence-electron chi connectivity index (χ0n) is 52.5. The molecule has 0 spiro atoms. The lowest BCUT2D eigenvalue weighted by Gasteiger charge is -2.04. The van der Waals surface area contributed by atoms with Gasteiger partial charge in [0.05, 0.1) is 73.8 Å². The number of fused-ring (bicyclic) bond motifs is 7. The summed E-state index contributed by atoms with van der Waals surface area (Å²) >= 11 is 0. The minimum absolute atomic E-state index is 0.807. The summed E-state index contributed by atoms with van der Waals surface area (Å²) in [7, 11) is 0. The topological polar surface area (TPSA) is 245 Å². The first kappa shape index (κ1) is 62.6. The zero-order valence-corrected chi connectivity index (χ0v) is 52.5. The van der Waals surface area contributed by atoms with Gasteiger partial charge >= 0.3 is 0 Å². The van der Waals surface area contributed by atoms with Crippen molar-refractivity contribution in [3.63, 3.8) is 0 Å². The van der Waals surface area contributed by atoms with Crippen LogP contribution in [0, 0.1) is 118 Å². The van der Waals surface area contributed by atoms with Gasteiger partial charge in [0.15, 0.2) is 0 Å². The van der Waals surface area contributed by atoms with Crippen LogP contribution in [-0.2, 0) is 0 Å². The van der Waals surface area contributed by atoms with Crippen molar-refractivity contribution in [2.24, 2.45) is 0 Å². The van der Waals surface area contributed by atoms with Crippen molar-refractivity contribution in [2.45, 2.75) is 118 Å². The van der Waals surface area contributed by atoms with Gasteiger partial charge in [-0.25, -0.2) is 9.97 Å². The van der Waals surface area contributed by atoms with Crippen LogP contribution in [0.2, 0.25) is 0 Å². The number of pyridine rings is 10. The van der Waals surface area contributed by atoms with Gasteiger partial charge < -0.3 is 0 Å². The van der Waals surface area contributed by atoms with Crippen molar-refractivity contribution in [1.29, 1.82) is 0 Å². The van der Waals surface area contributed by atoms with E-state index in [0.29, 0.717) is 0 Å². The summed E-state index contributed by atoms with van der Waals surface area (Å²) in [6, 6.07) is 18.0. The highest BCUT2D eigenvalue weighted by Gasteiger charge is 2.08. The predicted molar refractivity (Wildman–Crippen MR) is 346 cm³/mol. The molecule has 87 heavy (non-hydrogen) atoms. The first-order valence-electron chi connectivity index (χ1n) is 28.3. The summed E-state index contributed by atoms with van der Waals surface area (Å²) in [6.45, 7) is 34.1. The van der Waals surface area contributed by atoms with Crippen LogP contribution in [0.15, 0.2) is 123 Å². The van der Waals surface area contributed by atoms with E-state index in [1.54, 1.807) is 37.2 Å². The maximum Gasteiger partial charge on any atom is 0.126 e. The van der Waals surface area contributed by atoms with Gasteiger partial charge in [0.25, 0.3) is 0 Å². The highest BCUT2D eigenvalue weighted by atomic mass is 15.3. The Bertz CT molecular complexity index is 4050. The van der Waals surface area contributed by atoms with E-state index in [2.05, 4.69) is 135 Å². The Morgan fingerprint density at radius 1 is 0.241 bits per heavy atom. The van der Waals surface area contributed by atoms with E-state index in [4.69, 9.17) is 0 Å². The van der Waals surface area contributed by atoms with Gasteiger partial charge in [-0.1, -0.05) is 0 Å². The van der Waals surface area contributed by atoms with Crippen molar-refractivity contribution >= 4 is 76.8 Å². The highest BCUT2D eigenvalue weighted by Crippen LogP contribution is 2.22. The molecule has 0 fully saturated rings. The average Bonchev–Trinajstić information content (AvgIpc) is 3.58. The van der Waals surface area contributed by atoms with Crippen LogP contribution in [0.3, 0.4) is 0 Å². The van der Waals surface area contributed by atoms with Crippen LogP contribution < -0.4 is 0 Å². The highest BCUT2D eigenvalue weighted by molar-refractivity contribution is 5.86. The summed E-state index contributed by atoms with van der Waals surface area (Å²) in [5, 5.41) is 30.6. The van der Waals surface area contributed by atoms with Crippen LogP contribution in [0.1, 0.15) is 95.6 Å². The van der Waals surface area contributed by atoms with Crippen molar-refractivity contribution < 1.29 is 0 Å². The maximum absolute atomic E-state index is 4.47. The Morgan fingerprint density at radius 2 is 0.655 bits per heavy atom. The van der Waals surface area contributed by atoms with Crippen LogP contribution in [0.5, 0.6) is 0 Å². The van der Waals surface area contributed by atoms with Gasteiger partial charge in [-0.2, -0.15) is 15.3 Å². The third-order valence-electron chi connectivity index (χ3n) is 14.2. The molecule has 0 aliphatic heterocycles. The number of rotatable bonds is 0. The van der Waals surface area contributed by atoms with Crippen LogP contribution in [0.4, 0.5) is 0 Å². The van der Waals surface area contributed by atoms with E-state index in [1.807, 2.05) is 163 Å². The summed E-state index contributed by atoms with van der Waals surface area (Å²) in [4.78, 5) is 51.5. The molecule has 0 unspecified atom stereocenters. The van der Waals surface area contributed by atoms with E-state index < -0.39 is 0 Å². The number of aryl methyl sites for hydroxylation is 17. The average molecular weight is 1150 g/mol. The molecule has 14 rings (SSSR count). The lowest BCUT2D eigenvalue weighted by atomic mass is 10.1. The zero-order chi connectivity index (χ0) is 62.5. The molecule has 0 N–H and O–H groups in total. The molecule has 0 bridgehead atoms. The molecule has 0 aromatic carbocycles. The summed E-state index contributed by atoms with van der Waals surface area (Å²) < 4.78 is 0. The fraction of sp³-hybridized carbons (Fsp3) is 0.250. The molecule has 14 heterocycles. The van der Waals surface area contributed by atoms with E-state index in [0.717, 1.165) is 139 Å². The minimum Gasteiger partial charge on any atom is -0.264 e. The molecular weight excluding hydrogens is 1080 g/mol. The van der Waals surface area contributed by atoms with Gasteiger partial charge in [-0.05, 0) is 233 Å². The Morgan fingerprint density at radius 3 is 1.22 bits per heavy atom. The molecule has 0 aliphatic carbocycles. The van der Waals surface area contributed by atoms with Gasteiger partial charge in [-0.3, -0.25) is 49.8 Å². The standard InChI is InChI=1S/2C11H12N2.C10H11N3.C10H10N2.2C9H9N3.C8H8N4/c1-7-4-5-12-11-9(3)13-8(2)6-10(7)11;1-7-4-5-12-10-8(2)6-9(3)13-11(7)10;1-6-4-5-11-10-7(2)12-8(3)13-9(6)10;1-7-3-4-12-10-8(2)5-11-6-9(7)10;1-6-3-4-10-9-7(2)12-11-5-8(6)9;1-6-3-4-10-8-7(2)5-11-12-9(6)8;1-5-3-4-9-8-6(2)10-12-11-7(5)8/h2*4-6H,1-3H3;4-5H,1-3H3;3-6H,1-2H3;2*3-5H,1-2H3;3-4H,1-2H3. The third-order valence-corrected chi connectivity index (χ3v) is 14.2. The quantitative estimate of drug-likeness (QED) is 0.137. The van der Waals surface area contributed by atoms with Gasteiger partial charge in [0.1, 0.15) is 27.9 Å². The minimum atomic E-state index is 0.807. The third kappa shape index (κ3) is 15.3. The van der Waals surface area contributed by atoms with Crippen molar-refractivity contribution in [1.82, 2.24) is 95.6 Å². The SMILES string of the molecule is Cc1cc(C)c2nccc(C)c2n1.Cc1cc2c(C)ccnc2c(C)n1.Cc1ccnc2c(C)cncc12.Cc1ccnc2c(C)nncc12.Cc1ccnc2c(C)nnnc12.Cc1cnnc2c(C)ccnc12.Cc1nc(C)c2nccc(C)c2n1. The molecule has 19 heteroatoms. The summed E-state index contributed by atoms with van der Waals surface area (Å²) in [5.74, 6) is 0.807. The second-order valence-electron chi connectivity index (χ2n) is 21.3. The monoisotopic (exact) mass is 1150 g/mol. The molecule has 0 radical (unpaired) electrons. The lowest BCUT2D eigenvalue weighted by molar-refractivity contribution is 0.863. The van der Waals surface area contributed by atoms with Crippen LogP contribution in [-0.4, -0.2) is 95.6 Å². The molecule has 0 atom stereocenters. The second kappa shape index (κ2) is 28.4. The van der Waals surface area contributed by atoms with E-state index >= 15 is 0 Å². The van der Waals surface area contributed by atoms with Crippen LogP contribution in [0.25, 0.3) is 76.8 Å². The molecule has 0 aliphatic rings. The Labute approximate surface area is 506 Å². The largest absolute Gasteiger partial charge is 0.264 e. The first-order valence-corrected chi connectivity index (χ1v) is 28.3. The molecule has 19 nitrogen and oxygen atoms in total. The number of nitrogens with zero attached hydrogens (tertiary/aromatic N) is 19. The fourth-order valence-electron chi connectivity index (χ4n) is 9.50. The van der Waals surface area contributed by atoms with Crippen molar-refractivity contribution in [2.75, 3.05) is 0 Å². The second-order valence-corrected chi connectivity index (χ2v) is 21.3. The van der Waals surface area contributed by atoms with Crippen LogP contribution >= 0.6 is 0 Å². The first-order chi connectivity index (χ1) is 41.7. The summed E-state index contributed by atoms with van der Waals surface area (Å²) in [6.07, 6.45) is 19.9. The molecule has 438 valence electrons. The normalized spacial score (nSPS) is 10.6. The number of aromatic nitrogens is 19. The van der Waals surface area contributed by atoms with Crippen molar-refractivity contribution in [3.05, 3.63) is 218 Å². The molecule has 0 amide bonds. The van der Waals surface area contributed by atoms with E-state index in [9.17, 15) is 0 Å². The van der Waals surface area contributed by atoms with Gasteiger partial charge in [-0.15, -0.1) is 15.3 Å². The maximum atomic E-state index is 4.47. The van der Waals surface area contributed by atoms with Gasteiger partial charge in [0.2, 0.25) is 0 Å². The van der Waals surface area contributed by atoms with E-state index in [-0.39, 0.29) is 0 Å². The lowest BCUT2D eigenvalue weighted by Crippen LogP contribution is -1.96. The molecule has 0 saturated carbocycles. The fourth-order valence-corrected chi connectivity index (χ4v) is 9.50. The smallest absolute Gasteiger partial charge is 0.126 e. The molecule has 14 aromatic heterocycles. The molecular formula is C68H71N19. The molecule has 14 aromatic rings. The number of hydrogen-bond donors (Lipinski definition) is 0. The van der Waals surface area contributed by atoms with Gasteiger partial charge in [0, 0.05) is 83.3 Å². The van der Waals surface area contributed by atoms with Crippen molar-refractivity contribution in [3.8, 4) is 0 Å². The Kier molecular flexibility index (Phi) is 20.5. The number of hydrogen-bond acceptors (Lipinski definition) is 19. The Hall–Kier alpha value is -10.4. The molecule has 0 saturated heterocycles. The predicted octanol–water partition coefficient (Wildman–Crippen LogP) is 13.6. The Balaban J connectivity index is 0.000000132. The van der Waals surface area contributed by atoms with E-state index in [1.165, 1.54) is 33.2 Å².